The molecule has 4 aromatic heterocycles. The van der Waals surface area contributed by atoms with E-state index in [1.165, 1.54) is 11.1 Å². The fourth-order valence-corrected chi connectivity index (χ4v) is 6.64. The Morgan fingerprint density at radius 3 is 1.21 bits per heavy atom. The average molecular weight is 1040 g/mol. The van der Waals surface area contributed by atoms with Gasteiger partial charge in [-0.25, -0.2) is 15.0 Å². The van der Waals surface area contributed by atoms with Crippen LogP contribution in [-0.2, 0) is 30.9 Å². The Kier molecular flexibility index (Phi) is 16.2. The quantitative estimate of drug-likeness (QED) is 0.116. The first kappa shape index (κ1) is 48.3. The summed E-state index contributed by atoms with van der Waals surface area (Å²) in [5.41, 5.74) is 11.5. The van der Waals surface area contributed by atoms with Gasteiger partial charge in [-0.05, 0) is 58.1 Å². The Morgan fingerprint density at radius 1 is 0.439 bits per heavy atom. The van der Waals surface area contributed by atoms with Crippen molar-refractivity contribution in [1.82, 2.24) is 29.9 Å². The van der Waals surface area contributed by atoms with E-state index in [9.17, 15) is 4.79 Å². The molecular weight excluding hydrogens is 989 g/mol. The SMILES string of the molecule is CC(=O)c1c[c-]c(-c2ccc(-c3nc(-c4ccc(C(C)(C)C)cc4)nc(-c4ccc(C(C)(C)C)cc4)n3)cn2)cc1.[Ir+3].[c-]1ccccc1-c1ccccn1.[c-]1ccccc1-c1ccccn1. The van der Waals surface area contributed by atoms with E-state index < -0.39 is 0 Å². The zero-order chi connectivity index (χ0) is 45.8. The van der Waals surface area contributed by atoms with Gasteiger partial charge in [0.2, 0.25) is 0 Å². The second-order valence-corrected chi connectivity index (χ2v) is 17.4. The molecule has 0 amide bonds. The van der Waals surface area contributed by atoms with Gasteiger partial charge in [0, 0.05) is 35.3 Å². The summed E-state index contributed by atoms with van der Waals surface area (Å²) in [6, 6.07) is 62.9. The van der Waals surface area contributed by atoms with Crippen molar-refractivity contribution in [3.8, 4) is 67.9 Å². The average Bonchev–Trinajstić information content (AvgIpc) is 3.35. The molecule has 0 radical (unpaired) electrons. The molecule has 0 spiro atoms. The molecule has 328 valence electrons. The number of aromatic nitrogens is 6. The van der Waals surface area contributed by atoms with Crippen LogP contribution in [0.15, 0.2) is 182 Å². The molecule has 0 bridgehead atoms. The second-order valence-electron chi connectivity index (χ2n) is 17.4. The van der Waals surface area contributed by atoms with Gasteiger partial charge in [-0.1, -0.05) is 132 Å². The molecule has 7 nitrogen and oxygen atoms in total. The van der Waals surface area contributed by atoms with Gasteiger partial charge in [-0.15, -0.1) is 102 Å². The van der Waals surface area contributed by atoms with Gasteiger partial charge in [-0.2, -0.15) is 0 Å². The van der Waals surface area contributed by atoms with Gasteiger partial charge in [0.25, 0.3) is 0 Å². The minimum atomic E-state index is 0. The van der Waals surface area contributed by atoms with E-state index in [0.717, 1.165) is 50.5 Å². The number of ketones is 1. The van der Waals surface area contributed by atoms with Crippen LogP contribution in [-0.4, -0.2) is 35.7 Å². The number of Topliss-reactive ketones (excluding diaryl/α,β-unsaturated/α-hetero) is 1. The van der Waals surface area contributed by atoms with Crippen LogP contribution in [0.25, 0.3) is 67.9 Å². The molecule has 0 unspecified atom stereocenters. The molecule has 0 saturated heterocycles. The van der Waals surface area contributed by atoms with Crippen LogP contribution in [0.4, 0.5) is 0 Å². The minimum Gasteiger partial charge on any atom is -0.306 e. The van der Waals surface area contributed by atoms with Crippen molar-refractivity contribution < 1.29 is 24.9 Å². The minimum absolute atomic E-state index is 0. The summed E-state index contributed by atoms with van der Waals surface area (Å²) in [7, 11) is 0. The molecule has 0 N–H and O–H groups in total. The standard InChI is InChI=1S/C36H35N4O.2C11H8N.Ir/c1-23(41)24-8-10-25(11-9-24)31-21-16-28(22-37-31)34-39-32(26-12-17-29(18-13-26)35(2,3)4)38-33(40-34)27-14-19-30(20-15-27)36(5,6)7;2*1-2-6-10(7-3-1)11-8-4-5-9-12-11;/h8-10,12-22H,1-7H3;2*1-6,8-9H;/q3*-1;+3. The number of hydrogen-bond donors (Lipinski definition) is 0. The first-order valence-electron chi connectivity index (χ1n) is 21.6. The van der Waals surface area contributed by atoms with E-state index in [1.807, 2.05) is 103 Å². The van der Waals surface area contributed by atoms with Crippen LogP contribution < -0.4 is 0 Å². The first-order valence-corrected chi connectivity index (χ1v) is 21.6. The molecule has 9 aromatic rings. The third-order valence-corrected chi connectivity index (χ3v) is 10.5. The second kappa shape index (κ2) is 22.2. The maximum atomic E-state index is 11.6. The van der Waals surface area contributed by atoms with Gasteiger partial charge in [0.15, 0.2) is 17.5 Å². The molecule has 0 fully saturated rings. The summed E-state index contributed by atoms with van der Waals surface area (Å²) in [5.74, 6) is 1.79. The van der Waals surface area contributed by atoms with Gasteiger partial charge in [0.05, 0.1) is 0 Å². The zero-order valence-corrected chi connectivity index (χ0v) is 40.6. The normalized spacial score (nSPS) is 10.9. The number of carbonyl (C=O) groups is 1. The number of carbonyl (C=O) groups excluding carboxylic acids is 1. The van der Waals surface area contributed by atoms with E-state index >= 15 is 0 Å². The van der Waals surface area contributed by atoms with Crippen molar-refractivity contribution in [2.24, 2.45) is 0 Å². The van der Waals surface area contributed by atoms with E-state index in [4.69, 9.17) is 15.0 Å². The summed E-state index contributed by atoms with van der Waals surface area (Å²) in [5, 5.41) is 0. The molecule has 4 heterocycles. The fourth-order valence-electron chi connectivity index (χ4n) is 6.64. The van der Waals surface area contributed by atoms with Crippen LogP contribution in [0.1, 0.15) is 70.0 Å². The Morgan fingerprint density at radius 2 is 0.864 bits per heavy atom. The number of pyridine rings is 3. The maximum absolute atomic E-state index is 11.6. The Bertz CT molecular complexity index is 2670. The molecule has 5 aromatic carbocycles. The van der Waals surface area contributed by atoms with E-state index in [-0.39, 0.29) is 36.7 Å². The van der Waals surface area contributed by atoms with Crippen LogP contribution >= 0.6 is 0 Å². The fraction of sp³-hybridized carbons (Fsp3) is 0.155. The largest absolute Gasteiger partial charge is 3.00 e. The van der Waals surface area contributed by atoms with Crippen molar-refractivity contribution in [1.29, 1.82) is 0 Å². The summed E-state index contributed by atoms with van der Waals surface area (Å²) in [4.78, 5) is 39.4. The Balaban J connectivity index is 0.000000231. The monoisotopic (exact) mass is 1040 g/mol. The zero-order valence-electron chi connectivity index (χ0n) is 38.2. The summed E-state index contributed by atoms with van der Waals surface area (Å²) >= 11 is 0. The number of hydrogen-bond acceptors (Lipinski definition) is 7. The first-order chi connectivity index (χ1) is 31.3. The third-order valence-electron chi connectivity index (χ3n) is 10.5. The van der Waals surface area contributed by atoms with Gasteiger partial charge < -0.3 is 19.7 Å². The van der Waals surface area contributed by atoms with E-state index in [1.54, 1.807) is 37.6 Å². The van der Waals surface area contributed by atoms with E-state index in [0.29, 0.717) is 23.0 Å². The third kappa shape index (κ3) is 13.0. The number of benzene rings is 5. The van der Waals surface area contributed by atoms with Crippen molar-refractivity contribution in [2.45, 2.75) is 59.3 Å². The molecule has 0 aliphatic carbocycles. The van der Waals surface area contributed by atoms with Gasteiger partial charge in [0.1, 0.15) is 5.78 Å². The van der Waals surface area contributed by atoms with Crippen molar-refractivity contribution in [3.05, 3.63) is 217 Å². The van der Waals surface area contributed by atoms with Crippen LogP contribution in [0.5, 0.6) is 0 Å². The van der Waals surface area contributed by atoms with Crippen molar-refractivity contribution >= 4 is 5.78 Å². The molecule has 0 atom stereocenters. The molecule has 0 aliphatic rings. The Hall–Kier alpha value is -7.12. The molecule has 0 aliphatic heterocycles. The molecule has 8 heteroatoms. The van der Waals surface area contributed by atoms with Gasteiger partial charge in [-0.3, -0.25) is 0 Å². The number of nitrogens with zero attached hydrogens (tertiary/aromatic N) is 6. The summed E-state index contributed by atoms with van der Waals surface area (Å²) in [6.07, 6.45) is 5.35. The predicted octanol–water partition coefficient (Wildman–Crippen LogP) is 13.6. The molecule has 9 rings (SSSR count). The topological polar surface area (TPSA) is 94.4 Å². The van der Waals surface area contributed by atoms with Crippen LogP contribution in [0.2, 0.25) is 0 Å². The maximum Gasteiger partial charge on any atom is 3.00 e. The predicted molar refractivity (Wildman–Crippen MR) is 263 cm³/mol. The van der Waals surface area contributed by atoms with Gasteiger partial charge >= 0.3 is 20.1 Å². The smallest absolute Gasteiger partial charge is 0.306 e. The van der Waals surface area contributed by atoms with E-state index in [2.05, 4.69) is 123 Å². The van der Waals surface area contributed by atoms with Crippen LogP contribution in [0.3, 0.4) is 0 Å². The summed E-state index contributed by atoms with van der Waals surface area (Å²) in [6.45, 7) is 14.8. The molecule has 0 saturated carbocycles. The van der Waals surface area contributed by atoms with Crippen molar-refractivity contribution in [3.63, 3.8) is 0 Å². The van der Waals surface area contributed by atoms with Crippen molar-refractivity contribution in [2.75, 3.05) is 0 Å². The summed E-state index contributed by atoms with van der Waals surface area (Å²) < 4.78 is 0. The number of rotatable bonds is 7. The molecular formula is C58H51IrN6O. The van der Waals surface area contributed by atoms with Crippen LogP contribution in [0, 0.1) is 18.2 Å². The molecule has 66 heavy (non-hydrogen) atoms. The Labute approximate surface area is 403 Å².